The first-order valence-electron chi connectivity index (χ1n) is 6.94. The van der Waals surface area contributed by atoms with E-state index in [2.05, 4.69) is 4.40 Å². The van der Waals surface area contributed by atoms with Crippen molar-refractivity contribution in [3.8, 4) is 0 Å². The van der Waals surface area contributed by atoms with Crippen molar-refractivity contribution in [1.29, 1.82) is 0 Å². The molecule has 0 aliphatic heterocycles. The maximum atomic E-state index is 12.2. The highest BCUT2D eigenvalue weighted by Gasteiger charge is 2.41. The van der Waals surface area contributed by atoms with E-state index in [4.69, 9.17) is 0 Å². The molecule has 0 aromatic carbocycles. The summed E-state index contributed by atoms with van der Waals surface area (Å²) in [6, 6.07) is 0. The minimum atomic E-state index is -1.07. The highest BCUT2D eigenvalue weighted by atomic mass is 32.2. The van der Waals surface area contributed by atoms with Crippen LogP contribution in [0.15, 0.2) is 4.40 Å². The van der Waals surface area contributed by atoms with Gasteiger partial charge in [0, 0.05) is 11.1 Å². The van der Waals surface area contributed by atoms with Gasteiger partial charge >= 0.3 is 0 Å². The molecular formula is C14H25NOS. The molecule has 0 aromatic heterocycles. The standard InChI is InChI=1S/C14H25NOS/c1-13(2,3)17(16)15-12-8-7-11-14(12)9-5-4-6-10-14/h4-11H2,1-3H3/t17-/m1/s1. The maximum absolute atomic E-state index is 12.2. The Bertz CT molecular complexity index is 335. The zero-order chi connectivity index (χ0) is 12.5. The summed E-state index contributed by atoms with van der Waals surface area (Å²) >= 11 is 0. The fourth-order valence-corrected chi connectivity index (χ4v) is 3.91. The van der Waals surface area contributed by atoms with E-state index in [0.29, 0.717) is 5.41 Å². The highest BCUT2D eigenvalue weighted by molar-refractivity contribution is 7.85. The van der Waals surface area contributed by atoms with Crippen LogP contribution < -0.4 is 0 Å². The maximum Gasteiger partial charge on any atom is 0.144 e. The molecule has 2 saturated carbocycles. The third-order valence-corrected chi connectivity index (χ3v) is 5.64. The summed E-state index contributed by atoms with van der Waals surface area (Å²) in [6.07, 6.45) is 10.2. The predicted octanol–water partition coefficient (Wildman–Crippen LogP) is 4.02. The average molecular weight is 255 g/mol. The molecule has 0 radical (unpaired) electrons. The second-order valence-electron chi connectivity index (χ2n) is 6.59. The topological polar surface area (TPSA) is 29.4 Å². The Morgan fingerprint density at radius 3 is 2.24 bits per heavy atom. The molecule has 0 unspecified atom stereocenters. The van der Waals surface area contributed by atoms with E-state index in [9.17, 15) is 4.21 Å². The first-order valence-corrected chi connectivity index (χ1v) is 8.05. The third-order valence-electron chi connectivity index (χ3n) is 4.21. The van der Waals surface area contributed by atoms with Crippen LogP contribution in [0.1, 0.15) is 72.1 Å². The van der Waals surface area contributed by atoms with Gasteiger partial charge in [0.05, 0.1) is 4.75 Å². The van der Waals surface area contributed by atoms with Crippen molar-refractivity contribution in [1.82, 2.24) is 0 Å². The Hall–Kier alpha value is -0.180. The SMILES string of the molecule is CC(C)(C)[S@@](=O)N=C1CCCC12CCCCC2. The normalized spacial score (nSPS) is 28.8. The van der Waals surface area contributed by atoms with Gasteiger partial charge in [-0.15, -0.1) is 0 Å². The largest absolute Gasteiger partial charge is 0.234 e. The molecule has 3 heteroatoms. The van der Waals surface area contributed by atoms with Gasteiger partial charge < -0.3 is 0 Å². The Labute approximate surface area is 108 Å². The predicted molar refractivity (Wildman–Crippen MR) is 74.7 cm³/mol. The van der Waals surface area contributed by atoms with E-state index < -0.39 is 11.0 Å². The molecule has 0 saturated heterocycles. The van der Waals surface area contributed by atoms with Crippen molar-refractivity contribution in [3.05, 3.63) is 0 Å². The van der Waals surface area contributed by atoms with E-state index in [1.807, 2.05) is 20.8 Å². The lowest BCUT2D eigenvalue weighted by atomic mass is 9.72. The quantitative estimate of drug-likeness (QED) is 0.695. The Morgan fingerprint density at radius 1 is 1.06 bits per heavy atom. The van der Waals surface area contributed by atoms with Crippen LogP contribution in [0.5, 0.6) is 0 Å². The molecule has 0 N–H and O–H groups in total. The first kappa shape index (κ1) is 13.3. The van der Waals surface area contributed by atoms with Gasteiger partial charge in [-0.25, -0.2) is 4.21 Å². The first-order chi connectivity index (χ1) is 7.94. The van der Waals surface area contributed by atoms with Gasteiger partial charge in [0.15, 0.2) is 0 Å². The molecule has 2 aliphatic carbocycles. The molecule has 0 heterocycles. The fourth-order valence-electron chi connectivity index (χ4n) is 3.15. The summed E-state index contributed by atoms with van der Waals surface area (Å²) in [5.41, 5.74) is 1.63. The van der Waals surface area contributed by atoms with Crippen molar-refractivity contribution in [3.63, 3.8) is 0 Å². The Kier molecular flexibility index (Phi) is 3.77. The van der Waals surface area contributed by atoms with Crippen LogP contribution in [0.2, 0.25) is 0 Å². The van der Waals surface area contributed by atoms with E-state index >= 15 is 0 Å². The Morgan fingerprint density at radius 2 is 1.65 bits per heavy atom. The minimum absolute atomic E-state index is 0.217. The summed E-state index contributed by atoms with van der Waals surface area (Å²) in [7, 11) is -1.07. The van der Waals surface area contributed by atoms with Crippen molar-refractivity contribution >= 4 is 16.7 Å². The summed E-state index contributed by atoms with van der Waals surface area (Å²) in [5.74, 6) is 0. The van der Waals surface area contributed by atoms with Crippen LogP contribution in [-0.4, -0.2) is 14.7 Å². The van der Waals surface area contributed by atoms with E-state index in [0.717, 1.165) is 6.42 Å². The van der Waals surface area contributed by atoms with Crippen molar-refractivity contribution in [2.45, 2.75) is 76.9 Å². The van der Waals surface area contributed by atoms with Crippen molar-refractivity contribution < 1.29 is 4.21 Å². The number of nitrogens with zero attached hydrogens (tertiary/aromatic N) is 1. The lowest BCUT2D eigenvalue weighted by molar-refractivity contribution is 0.282. The summed E-state index contributed by atoms with van der Waals surface area (Å²) in [4.78, 5) is 0. The van der Waals surface area contributed by atoms with Gasteiger partial charge in [0.25, 0.3) is 0 Å². The van der Waals surface area contributed by atoms with Crippen LogP contribution in [0, 0.1) is 5.41 Å². The van der Waals surface area contributed by atoms with Crippen LogP contribution in [0.3, 0.4) is 0 Å². The number of rotatable bonds is 1. The molecule has 2 aliphatic rings. The van der Waals surface area contributed by atoms with Crippen LogP contribution in [0.4, 0.5) is 0 Å². The van der Waals surface area contributed by atoms with Gasteiger partial charge in [0.1, 0.15) is 11.0 Å². The van der Waals surface area contributed by atoms with E-state index in [-0.39, 0.29) is 4.75 Å². The summed E-state index contributed by atoms with van der Waals surface area (Å²) in [5, 5.41) is 0. The summed E-state index contributed by atoms with van der Waals surface area (Å²) < 4.78 is 16.6. The molecule has 0 bridgehead atoms. The lowest BCUT2D eigenvalue weighted by Crippen LogP contribution is -2.30. The zero-order valence-electron chi connectivity index (χ0n) is 11.4. The lowest BCUT2D eigenvalue weighted by Gasteiger charge is -2.34. The Balaban J connectivity index is 2.19. The molecule has 0 aromatic rings. The van der Waals surface area contributed by atoms with E-state index in [1.165, 1.54) is 50.7 Å². The molecular weight excluding hydrogens is 230 g/mol. The molecule has 0 amide bonds. The summed E-state index contributed by atoms with van der Waals surface area (Å²) in [6.45, 7) is 6.03. The molecule has 1 spiro atoms. The molecule has 2 fully saturated rings. The van der Waals surface area contributed by atoms with E-state index in [1.54, 1.807) is 0 Å². The van der Waals surface area contributed by atoms with Gasteiger partial charge in [-0.2, -0.15) is 4.40 Å². The van der Waals surface area contributed by atoms with Gasteiger partial charge in [-0.1, -0.05) is 19.3 Å². The third kappa shape index (κ3) is 2.81. The van der Waals surface area contributed by atoms with Gasteiger partial charge in [-0.05, 0) is 52.9 Å². The second kappa shape index (κ2) is 4.83. The number of hydrogen-bond acceptors (Lipinski definition) is 1. The fraction of sp³-hybridized carbons (Fsp3) is 0.929. The molecule has 1 atom stereocenters. The molecule has 2 rings (SSSR count). The molecule has 2 nitrogen and oxygen atoms in total. The molecule has 98 valence electrons. The van der Waals surface area contributed by atoms with Crippen LogP contribution >= 0.6 is 0 Å². The highest BCUT2D eigenvalue weighted by Crippen LogP contribution is 2.47. The van der Waals surface area contributed by atoms with Crippen molar-refractivity contribution in [2.75, 3.05) is 0 Å². The minimum Gasteiger partial charge on any atom is -0.234 e. The number of hydrogen-bond donors (Lipinski definition) is 0. The second-order valence-corrected chi connectivity index (χ2v) is 8.50. The van der Waals surface area contributed by atoms with Crippen LogP contribution in [-0.2, 0) is 11.0 Å². The monoisotopic (exact) mass is 255 g/mol. The van der Waals surface area contributed by atoms with Gasteiger partial charge in [-0.3, -0.25) is 0 Å². The smallest absolute Gasteiger partial charge is 0.144 e. The average Bonchev–Trinajstić information content (AvgIpc) is 2.61. The molecule has 17 heavy (non-hydrogen) atoms. The van der Waals surface area contributed by atoms with Crippen LogP contribution in [0.25, 0.3) is 0 Å². The zero-order valence-corrected chi connectivity index (χ0v) is 12.2. The van der Waals surface area contributed by atoms with Gasteiger partial charge in [0.2, 0.25) is 0 Å². The van der Waals surface area contributed by atoms with Crippen molar-refractivity contribution in [2.24, 2.45) is 9.81 Å².